The van der Waals surface area contributed by atoms with Crippen molar-refractivity contribution in [3.63, 3.8) is 0 Å². The number of piperidine rings is 1. The number of amidine groups is 1. The summed E-state index contributed by atoms with van der Waals surface area (Å²) in [5.74, 6) is 0.987. The average Bonchev–Trinajstić information content (AvgIpc) is 2.76. The lowest BCUT2D eigenvalue weighted by Crippen LogP contribution is -2.59. The maximum Gasteiger partial charge on any atom is 0.137 e. The summed E-state index contributed by atoms with van der Waals surface area (Å²) < 4.78 is 0. The van der Waals surface area contributed by atoms with Crippen molar-refractivity contribution in [2.75, 3.05) is 33.2 Å². The van der Waals surface area contributed by atoms with Gasteiger partial charge in [0, 0.05) is 38.1 Å². The summed E-state index contributed by atoms with van der Waals surface area (Å²) in [5.41, 5.74) is 8.17. The Bertz CT molecular complexity index is 1030. The van der Waals surface area contributed by atoms with Crippen molar-refractivity contribution in [3.8, 4) is 0 Å². The minimum Gasteiger partial charge on any atom is -0.367 e. The summed E-state index contributed by atoms with van der Waals surface area (Å²) in [6, 6.07) is 0.721. The van der Waals surface area contributed by atoms with Crippen molar-refractivity contribution in [2.45, 2.75) is 58.4 Å². The molecule has 3 fully saturated rings. The second kappa shape index (κ2) is 9.30. The van der Waals surface area contributed by atoms with Crippen molar-refractivity contribution < 1.29 is 0 Å². The summed E-state index contributed by atoms with van der Waals surface area (Å²) in [7, 11) is 1.85. The van der Waals surface area contributed by atoms with E-state index in [-0.39, 0.29) is 0 Å². The Morgan fingerprint density at radius 3 is 2.48 bits per heavy atom. The topological polar surface area (TPSA) is 34.4 Å². The molecule has 5 nitrogen and oxygen atoms in total. The smallest absolute Gasteiger partial charge is 0.137 e. The van der Waals surface area contributed by atoms with Crippen LogP contribution in [0.15, 0.2) is 80.9 Å². The third kappa shape index (κ3) is 4.43. The van der Waals surface area contributed by atoms with Gasteiger partial charge in [-0.25, -0.2) is 4.99 Å². The molecule has 1 aliphatic carbocycles. The summed E-state index contributed by atoms with van der Waals surface area (Å²) in [5, 5.41) is 0. The lowest BCUT2D eigenvalue weighted by atomic mass is 9.89. The van der Waals surface area contributed by atoms with E-state index < -0.39 is 0 Å². The molecule has 4 heterocycles. The van der Waals surface area contributed by atoms with Crippen LogP contribution in [-0.2, 0) is 0 Å². The highest BCUT2D eigenvalue weighted by atomic mass is 15.3. The average molecular weight is 444 g/mol. The third-order valence-electron chi connectivity index (χ3n) is 7.66. The SMILES string of the molecule is C=C(C)/C(C)=C/C(=N\C)C1=CC(=C2CCC2)N2C=C(N3CC(N4CCCCC4)C3)C=CC2=N1. The summed E-state index contributed by atoms with van der Waals surface area (Å²) >= 11 is 0. The van der Waals surface area contributed by atoms with Gasteiger partial charge < -0.3 is 4.90 Å². The lowest BCUT2D eigenvalue weighted by Gasteiger charge is -2.49. The maximum absolute atomic E-state index is 5.01. The zero-order valence-electron chi connectivity index (χ0n) is 20.5. The molecular formula is C28H37N5. The second-order valence-corrected chi connectivity index (χ2v) is 9.97. The molecule has 2 saturated heterocycles. The van der Waals surface area contributed by atoms with Crippen molar-refractivity contribution >= 4 is 11.5 Å². The summed E-state index contributed by atoms with van der Waals surface area (Å²) in [4.78, 5) is 17.1. The lowest BCUT2D eigenvalue weighted by molar-refractivity contribution is 0.0464. The maximum atomic E-state index is 5.01. The monoisotopic (exact) mass is 443 g/mol. The molecule has 0 aromatic heterocycles. The van der Waals surface area contributed by atoms with Crippen LogP contribution in [0.1, 0.15) is 52.4 Å². The van der Waals surface area contributed by atoms with E-state index in [9.17, 15) is 0 Å². The van der Waals surface area contributed by atoms with E-state index in [2.05, 4.69) is 63.7 Å². The molecule has 0 amide bonds. The molecule has 1 saturated carbocycles. The molecule has 5 rings (SSSR count). The molecule has 33 heavy (non-hydrogen) atoms. The highest BCUT2D eigenvalue weighted by molar-refractivity contribution is 6.12. The Morgan fingerprint density at radius 2 is 1.85 bits per heavy atom. The highest BCUT2D eigenvalue weighted by Crippen LogP contribution is 2.36. The molecule has 5 aliphatic rings. The minimum atomic E-state index is 0.721. The van der Waals surface area contributed by atoms with Crippen molar-refractivity contribution in [3.05, 3.63) is 70.9 Å². The first-order chi connectivity index (χ1) is 16.0. The van der Waals surface area contributed by atoms with Crippen LogP contribution in [0.4, 0.5) is 0 Å². The van der Waals surface area contributed by atoms with E-state index in [0.29, 0.717) is 0 Å². The van der Waals surface area contributed by atoms with E-state index in [4.69, 9.17) is 4.99 Å². The second-order valence-electron chi connectivity index (χ2n) is 9.97. The Hall–Kier alpha value is -2.66. The molecule has 0 aromatic carbocycles. The van der Waals surface area contributed by atoms with E-state index >= 15 is 0 Å². The number of rotatable bonds is 5. The molecular weight excluding hydrogens is 406 g/mol. The molecule has 0 bridgehead atoms. The summed E-state index contributed by atoms with van der Waals surface area (Å²) in [6.45, 7) is 13.0. The largest absolute Gasteiger partial charge is 0.367 e. The van der Waals surface area contributed by atoms with E-state index in [1.807, 2.05) is 14.0 Å². The quantitative estimate of drug-likeness (QED) is 0.433. The standard InChI is InChI=1S/C28H37N5/c1-20(2)21(3)15-25(29-4)26-16-27(22-9-8-10-22)33-19-23(11-12-28(33)30-26)32-17-24(18-32)31-13-6-5-7-14-31/h11-12,15-16,19,24H,1,5-10,13-14,17-18H2,2-4H3/b21-15+,29-25+. The first-order valence-corrected chi connectivity index (χ1v) is 12.6. The number of hydrogen-bond acceptors (Lipinski definition) is 5. The van der Waals surface area contributed by atoms with Gasteiger partial charge in [0.25, 0.3) is 0 Å². The van der Waals surface area contributed by atoms with Gasteiger partial charge in [0.2, 0.25) is 0 Å². The Labute approximate surface area is 198 Å². The van der Waals surface area contributed by atoms with Crippen LogP contribution in [-0.4, -0.2) is 65.5 Å². The molecule has 0 atom stereocenters. The predicted octanol–water partition coefficient (Wildman–Crippen LogP) is 5.20. The number of fused-ring (bicyclic) bond motifs is 1. The first-order valence-electron chi connectivity index (χ1n) is 12.6. The van der Waals surface area contributed by atoms with Gasteiger partial charge in [-0.3, -0.25) is 14.8 Å². The van der Waals surface area contributed by atoms with Gasteiger partial charge in [0.15, 0.2) is 0 Å². The fourth-order valence-corrected chi connectivity index (χ4v) is 5.08. The zero-order chi connectivity index (χ0) is 22.9. The minimum absolute atomic E-state index is 0.721. The van der Waals surface area contributed by atoms with Gasteiger partial charge in [-0.2, -0.15) is 0 Å². The van der Waals surface area contributed by atoms with Crippen LogP contribution >= 0.6 is 0 Å². The van der Waals surface area contributed by atoms with Gasteiger partial charge >= 0.3 is 0 Å². The van der Waals surface area contributed by atoms with Gasteiger partial charge in [0.05, 0.1) is 17.1 Å². The fraction of sp³-hybridized carbons (Fsp3) is 0.500. The molecule has 0 spiro atoms. The van der Waals surface area contributed by atoms with Crippen LogP contribution in [0.5, 0.6) is 0 Å². The highest BCUT2D eigenvalue weighted by Gasteiger charge is 2.35. The van der Waals surface area contributed by atoms with Crippen LogP contribution in [0.2, 0.25) is 0 Å². The van der Waals surface area contributed by atoms with E-state index in [1.165, 1.54) is 68.6 Å². The van der Waals surface area contributed by atoms with E-state index in [1.54, 1.807) is 0 Å². The van der Waals surface area contributed by atoms with Gasteiger partial charge in [0.1, 0.15) is 5.84 Å². The molecule has 0 N–H and O–H groups in total. The molecule has 0 unspecified atom stereocenters. The zero-order valence-corrected chi connectivity index (χ0v) is 20.5. The third-order valence-corrected chi connectivity index (χ3v) is 7.66. The molecule has 0 aromatic rings. The number of likely N-dealkylation sites (tertiary alicyclic amines) is 2. The van der Waals surface area contributed by atoms with Gasteiger partial charge in [-0.1, -0.05) is 18.6 Å². The van der Waals surface area contributed by atoms with E-state index in [0.717, 1.165) is 47.5 Å². The molecule has 4 aliphatic heterocycles. The normalized spacial score (nSPS) is 24.6. The number of aliphatic imine (C=N–C) groups is 2. The predicted molar refractivity (Wildman–Crippen MR) is 138 cm³/mol. The van der Waals surface area contributed by atoms with Crippen molar-refractivity contribution in [2.24, 2.45) is 9.98 Å². The van der Waals surface area contributed by atoms with Crippen molar-refractivity contribution in [1.82, 2.24) is 14.7 Å². The van der Waals surface area contributed by atoms with Crippen LogP contribution < -0.4 is 0 Å². The molecule has 174 valence electrons. The van der Waals surface area contributed by atoms with Gasteiger partial charge in [-0.15, -0.1) is 0 Å². The van der Waals surface area contributed by atoms with Gasteiger partial charge in [-0.05, 0) is 94.5 Å². The first kappa shape index (κ1) is 22.1. The Kier molecular flexibility index (Phi) is 6.24. The van der Waals surface area contributed by atoms with Crippen molar-refractivity contribution in [1.29, 1.82) is 0 Å². The van der Waals surface area contributed by atoms with Crippen LogP contribution in [0, 0.1) is 0 Å². The number of allylic oxidation sites excluding steroid dienone is 6. The Morgan fingerprint density at radius 1 is 1.09 bits per heavy atom. The van der Waals surface area contributed by atoms with Crippen LogP contribution in [0.25, 0.3) is 0 Å². The summed E-state index contributed by atoms with van der Waals surface area (Å²) in [6.07, 6.45) is 18.8. The van der Waals surface area contributed by atoms with Crippen LogP contribution in [0.3, 0.4) is 0 Å². The Balaban J connectivity index is 1.37. The molecule has 5 heteroatoms. The number of nitrogens with zero attached hydrogens (tertiary/aromatic N) is 5. The molecule has 0 radical (unpaired) electrons. The number of hydrogen-bond donors (Lipinski definition) is 0. The fourth-order valence-electron chi connectivity index (χ4n) is 5.08.